The van der Waals surface area contributed by atoms with E-state index in [2.05, 4.69) is 20.9 Å². The van der Waals surface area contributed by atoms with Gasteiger partial charge in [0.2, 0.25) is 0 Å². The molecule has 76 valence electrons. The Morgan fingerprint density at radius 3 is 2.71 bits per heavy atom. The Balaban J connectivity index is 3.34. The first-order chi connectivity index (χ1) is 6.60. The molecular formula is C8H7BrF2N2O. The Labute approximate surface area is 87.4 Å². The van der Waals surface area contributed by atoms with Crippen molar-refractivity contribution in [3.8, 4) is 0 Å². The number of carbonyl (C=O) groups is 1. The van der Waals surface area contributed by atoms with Crippen molar-refractivity contribution in [2.75, 3.05) is 0 Å². The third-order valence-electron chi connectivity index (χ3n) is 1.62. The summed E-state index contributed by atoms with van der Waals surface area (Å²) >= 11 is 2.97. The Morgan fingerprint density at radius 2 is 2.29 bits per heavy atom. The van der Waals surface area contributed by atoms with Crippen LogP contribution in [-0.4, -0.2) is 11.3 Å². The third kappa shape index (κ3) is 2.13. The van der Waals surface area contributed by atoms with Crippen LogP contribution in [0.25, 0.3) is 0 Å². The van der Waals surface area contributed by atoms with Gasteiger partial charge in [0, 0.05) is 16.6 Å². The number of pyridine rings is 1. The molecule has 1 heterocycles. The van der Waals surface area contributed by atoms with E-state index in [1.807, 2.05) is 0 Å². The lowest BCUT2D eigenvalue weighted by atomic mass is 10.2. The van der Waals surface area contributed by atoms with Gasteiger partial charge >= 0.3 is 0 Å². The highest BCUT2D eigenvalue weighted by atomic mass is 79.9. The smallest absolute Gasteiger partial charge is 0.265 e. The fraction of sp³-hybridized carbons (Fsp3) is 0.250. The zero-order chi connectivity index (χ0) is 10.7. The van der Waals surface area contributed by atoms with Crippen LogP contribution < -0.4 is 5.73 Å². The van der Waals surface area contributed by atoms with Crippen LogP contribution in [0.5, 0.6) is 0 Å². The van der Waals surface area contributed by atoms with Crippen LogP contribution in [0.1, 0.15) is 28.2 Å². The summed E-state index contributed by atoms with van der Waals surface area (Å²) in [5.41, 5.74) is 5.24. The minimum Gasteiger partial charge on any atom is -0.325 e. The maximum atomic E-state index is 12.4. The van der Waals surface area contributed by atoms with Gasteiger partial charge in [-0.1, -0.05) is 0 Å². The van der Waals surface area contributed by atoms with E-state index in [1.54, 1.807) is 0 Å². The van der Waals surface area contributed by atoms with Gasteiger partial charge in [-0.05, 0) is 22.0 Å². The van der Waals surface area contributed by atoms with Crippen molar-refractivity contribution in [3.63, 3.8) is 0 Å². The molecule has 0 saturated heterocycles. The molecule has 0 atom stereocenters. The monoisotopic (exact) mass is 264 g/mol. The first kappa shape index (κ1) is 11.2. The molecular weight excluding hydrogens is 258 g/mol. The molecule has 1 rings (SSSR count). The van der Waals surface area contributed by atoms with Gasteiger partial charge in [0.25, 0.3) is 6.43 Å². The highest BCUT2D eigenvalue weighted by Gasteiger charge is 2.16. The van der Waals surface area contributed by atoms with Gasteiger partial charge in [-0.25, -0.2) is 13.8 Å². The molecule has 2 N–H and O–H groups in total. The number of hydrogen-bond acceptors (Lipinski definition) is 3. The van der Waals surface area contributed by atoms with Gasteiger partial charge in [-0.2, -0.15) is 0 Å². The van der Waals surface area contributed by atoms with E-state index in [1.165, 1.54) is 0 Å². The van der Waals surface area contributed by atoms with Crippen molar-refractivity contribution >= 4 is 22.2 Å². The zero-order valence-corrected chi connectivity index (χ0v) is 8.59. The molecule has 0 aromatic carbocycles. The average molecular weight is 265 g/mol. The Kier molecular flexibility index (Phi) is 3.65. The molecule has 0 saturated carbocycles. The number of hydrogen-bond donors (Lipinski definition) is 1. The second-order valence-electron chi connectivity index (χ2n) is 2.52. The lowest BCUT2D eigenvalue weighted by Crippen LogP contribution is -2.06. The number of aromatic nitrogens is 1. The van der Waals surface area contributed by atoms with Crippen molar-refractivity contribution in [1.29, 1.82) is 0 Å². The van der Waals surface area contributed by atoms with Gasteiger partial charge in [0.1, 0.15) is 5.69 Å². The van der Waals surface area contributed by atoms with Crippen molar-refractivity contribution < 1.29 is 13.6 Å². The molecule has 1 aromatic rings. The fourth-order valence-electron chi connectivity index (χ4n) is 0.981. The standard InChI is InChI=1S/C8H7BrF2N2O/c9-7-5(8(10)11)1-4(3-14)13-6(7)2-12/h1,3,8H,2,12H2. The number of carbonyl (C=O) groups excluding carboxylic acids is 1. The van der Waals surface area contributed by atoms with E-state index in [9.17, 15) is 13.6 Å². The van der Waals surface area contributed by atoms with Gasteiger partial charge in [0.15, 0.2) is 6.29 Å². The topological polar surface area (TPSA) is 56.0 Å². The Morgan fingerprint density at radius 1 is 1.64 bits per heavy atom. The summed E-state index contributed by atoms with van der Waals surface area (Å²) in [7, 11) is 0. The van der Waals surface area contributed by atoms with Gasteiger partial charge in [-0.15, -0.1) is 0 Å². The van der Waals surface area contributed by atoms with Gasteiger partial charge < -0.3 is 5.73 Å². The molecule has 3 nitrogen and oxygen atoms in total. The van der Waals surface area contributed by atoms with E-state index < -0.39 is 6.43 Å². The highest BCUT2D eigenvalue weighted by molar-refractivity contribution is 9.10. The molecule has 0 aliphatic heterocycles. The quantitative estimate of drug-likeness (QED) is 0.851. The molecule has 0 radical (unpaired) electrons. The molecule has 1 aromatic heterocycles. The summed E-state index contributed by atoms with van der Waals surface area (Å²) in [4.78, 5) is 14.2. The van der Waals surface area contributed by atoms with Gasteiger partial charge in [0.05, 0.1) is 5.69 Å². The molecule has 0 unspecified atom stereocenters. The second kappa shape index (κ2) is 4.56. The predicted molar refractivity (Wildman–Crippen MR) is 50.2 cm³/mol. The van der Waals surface area contributed by atoms with E-state index in [-0.39, 0.29) is 28.0 Å². The summed E-state index contributed by atoms with van der Waals surface area (Å²) in [6.07, 6.45) is -2.24. The number of halogens is 3. The van der Waals surface area contributed by atoms with Crippen LogP contribution in [0.4, 0.5) is 8.78 Å². The molecule has 0 aliphatic carbocycles. The van der Waals surface area contributed by atoms with Crippen LogP contribution in [-0.2, 0) is 6.54 Å². The summed E-state index contributed by atoms with van der Waals surface area (Å²) < 4.78 is 25.1. The van der Waals surface area contributed by atoms with Crippen LogP contribution in [0.2, 0.25) is 0 Å². The lowest BCUT2D eigenvalue weighted by Gasteiger charge is -2.07. The minimum absolute atomic E-state index is 0.00197. The maximum absolute atomic E-state index is 12.4. The second-order valence-corrected chi connectivity index (χ2v) is 3.31. The molecule has 6 heteroatoms. The summed E-state index contributed by atoms with van der Waals surface area (Å²) in [5.74, 6) is 0. The van der Waals surface area contributed by atoms with Crippen LogP contribution >= 0.6 is 15.9 Å². The number of alkyl halides is 2. The van der Waals surface area contributed by atoms with E-state index >= 15 is 0 Å². The third-order valence-corrected chi connectivity index (χ3v) is 2.54. The largest absolute Gasteiger partial charge is 0.325 e. The summed E-state index contributed by atoms with van der Waals surface area (Å²) in [6.45, 7) is 0.00197. The normalized spacial score (nSPS) is 10.6. The van der Waals surface area contributed by atoms with Crippen molar-refractivity contribution in [3.05, 3.63) is 27.5 Å². The minimum atomic E-state index is -2.66. The fourth-order valence-corrected chi connectivity index (χ4v) is 1.52. The van der Waals surface area contributed by atoms with Crippen LogP contribution in [0.15, 0.2) is 10.5 Å². The molecule has 14 heavy (non-hydrogen) atoms. The molecule has 0 amide bonds. The van der Waals surface area contributed by atoms with Crippen molar-refractivity contribution in [2.45, 2.75) is 13.0 Å². The summed E-state index contributed by atoms with van der Waals surface area (Å²) in [6, 6.07) is 1.04. The number of rotatable bonds is 3. The first-order valence-electron chi connectivity index (χ1n) is 3.72. The van der Waals surface area contributed by atoms with E-state index in [0.717, 1.165) is 6.07 Å². The Hall–Kier alpha value is -0.880. The van der Waals surface area contributed by atoms with Crippen LogP contribution in [0, 0.1) is 0 Å². The zero-order valence-electron chi connectivity index (χ0n) is 7.01. The average Bonchev–Trinajstić information content (AvgIpc) is 2.17. The van der Waals surface area contributed by atoms with Crippen molar-refractivity contribution in [1.82, 2.24) is 4.98 Å². The summed E-state index contributed by atoms with van der Waals surface area (Å²) in [5, 5.41) is 0. The SMILES string of the molecule is NCc1nc(C=O)cc(C(F)F)c1Br. The predicted octanol–water partition coefficient (Wildman–Crippen LogP) is 2.05. The number of nitrogens with zero attached hydrogens (tertiary/aromatic N) is 1. The number of nitrogens with two attached hydrogens (primary N) is 1. The van der Waals surface area contributed by atoms with Gasteiger partial charge in [-0.3, -0.25) is 4.79 Å². The molecule has 0 bridgehead atoms. The molecule has 0 aliphatic rings. The highest BCUT2D eigenvalue weighted by Crippen LogP contribution is 2.29. The van der Waals surface area contributed by atoms with E-state index in [0.29, 0.717) is 6.29 Å². The van der Waals surface area contributed by atoms with Crippen molar-refractivity contribution in [2.24, 2.45) is 5.73 Å². The lowest BCUT2D eigenvalue weighted by molar-refractivity contribution is 0.111. The molecule has 0 spiro atoms. The maximum Gasteiger partial charge on any atom is 0.265 e. The van der Waals surface area contributed by atoms with Crippen LogP contribution in [0.3, 0.4) is 0 Å². The number of aldehydes is 1. The Bertz CT molecular complexity index is 357. The first-order valence-corrected chi connectivity index (χ1v) is 4.52. The molecule has 0 fully saturated rings. The van der Waals surface area contributed by atoms with E-state index in [4.69, 9.17) is 5.73 Å².